The molecule has 0 spiro atoms. The maximum atomic E-state index is 5.58. The Labute approximate surface area is 88.9 Å². The average molecular weight is 211 g/mol. The molecule has 1 fully saturated rings. The Balaban J connectivity index is 2.06. The number of likely N-dealkylation sites (tertiary alicyclic amines) is 1. The van der Waals surface area contributed by atoms with Gasteiger partial charge in [0.1, 0.15) is 0 Å². The van der Waals surface area contributed by atoms with Crippen molar-refractivity contribution in [1.29, 1.82) is 0 Å². The van der Waals surface area contributed by atoms with E-state index in [1.807, 2.05) is 6.20 Å². The Morgan fingerprint density at radius 3 is 3.21 bits per heavy atom. The molecule has 0 saturated carbocycles. The number of thiazole rings is 1. The third-order valence-corrected chi connectivity index (χ3v) is 3.93. The number of nitrogens with two attached hydrogens (primary N) is 1. The Morgan fingerprint density at radius 1 is 1.71 bits per heavy atom. The van der Waals surface area contributed by atoms with Crippen LogP contribution in [-0.4, -0.2) is 30.0 Å². The van der Waals surface area contributed by atoms with Crippen molar-refractivity contribution < 1.29 is 0 Å². The van der Waals surface area contributed by atoms with E-state index in [2.05, 4.69) is 16.9 Å². The molecule has 2 N–H and O–H groups in total. The molecule has 0 amide bonds. The van der Waals surface area contributed by atoms with Gasteiger partial charge in [0, 0.05) is 30.1 Å². The Bertz CT molecular complexity index is 297. The number of aromatic nitrogens is 1. The van der Waals surface area contributed by atoms with Crippen LogP contribution in [0.15, 0.2) is 6.20 Å². The minimum absolute atomic E-state index is 0.625. The SMILES string of the molecule is CN1CCCC(c2ncc(CN)s2)C1. The zero-order valence-electron chi connectivity index (χ0n) is 8.57. The number of rotatable bonds is 2. The van der Waals surface area contributed by atoms with Crippen LogP contribution in [0.3, 0.4) is 0 Å². The predicted molar refractivity (Wildman–Crippen MR) is 59.5 cm³/mol. The van der Waals surface area contributed by atoms with E-state index in [1.165, 1.54) is 29.3 Å². The second-order valence-corrected chi connectivity index (χ2v) is 5.12. The van der Waals surface area contributed by atoms with Crippen molar-refractivity contribution in [3.63, 3.8) is 0 Å². The molecule has 1 aliphatic rings. The number of hydrogen-bond donors (Lipinski definition) is 1. The Hall–Kier alpha value is -0.450. The largest absolute Gasteiger partial charge is 0.326 e. The van der Waals surface area contributed by atoms with Gasteiger partial charge < -0.3 is 10.6 Å². The van der Waals surface area contributed by atoms with Gasteiger partial charge in [0.05, 0.1) is 5.01 Å². The van der Waals surface area contributed by atoms with Crippen LogP contribution in [-0.2, 0) is 6.54 Å². The summed E-state index contributed by atoms with van der Waals surface area (Å²) < 4.78 is 0. The highest BCUT2D eigenvalue weighted by Gasteiger charge is 2.21. The van der Waals surface area contributed by atoms with Crippen molar-refractivity contribution >= 4 is 11.3 Å². The van der Waals surface area contributed by atoms with Crippen molar-refractivity contribution in [2.24, 2.45) is 5.73 Å². The van der Waals surface area contributed by atoms with Gasteiger partial charge in [-0.15, -0.1) is 11.3 Å². The van der Waals surface area contributed by atoms with Crippen molar-refractivity contribution in [2.75, 3.05) is 20.1 Å². The van der Waals surface area contributed by atoms with E-state index in [0.29, 0.717) is 12.5 Å². The van der Waals surface area contributed by atoms with Crippen LogP contribution in [0.1, 0.15) is 28.6 Å². The van der Waals surface area contributed by atoms with Crippen molar-refractivity contribution in [3.8, 4) is 0 Å². The third-order valence-electron chi connectivity index (χ3n) is 2.75. The Morgan fingerprint density at radius 2 is 2.57 bits per heavy atom. The van der Waals surface area contributed by atoms with E-state index >= 15 is 0 Å². The lowest BCUT2D eigenvalue weighted by atomic mass is 9.99. The lowest BCUT2D eigenvalue weighted by Gasteiger charge is -2.28. The van der Waals surface area contributed by atoms with Crippen LogP contribution in [0.25, 0.3) is 0 Å². The highest BCUT2D eigenvalue weighted by Crippen LogP contribution is 2.29. The summed E-state index contributed by atoms with van der Waals surface area (Å²) in [6, 6.07) is 0. The van der Waals surface area contributed by atoms with Gasteiger partial charge >= 0.3 is 0 Å². The maximum absolute atomic E-state index is 5.58. The minimum atomic E-state index is 0.625. The zero-order chi connectivity index (χ0) is 9.97. The normalized spacial score (nSPS) is 24.0. The molecule has 1 atom stereocenters. The molecule has 1 aromatic heterocycles. The van der Waals surface area contributed by atoms with Crippen LogP contribution in [0.4, 0.5) is 0 Å². The first-order valence-electron chi connectivity index (χ1n) is 5.13. The summed E-state index contributed by atoms with van der Waals surface area (Å²) in [6.07, 6.45) is 4.50. The van der Waals surface area contributed by atoms with Gasteiger partial charge in [-0.25, -0.2) is 4.98 Å². The van der Waals surface area contributed by atoms with E-state index in [4.69, 9.17) is 5.73 Å². The van der Waals surface area contributed by atoms with Crippen LogP contribution < -0.4 is 5.73 Å². The van der Waals surface area contributed by atoms with E-state index < -0.39 is 0 Å². The lowest BCUT2D eigenvalue weighted by Crippen LogP contribution is -2.30. The van der Waals surface area contributed by atoms with E-state index in [0.717, 1.165) is 6.54 Å². The van der Waals surface area contributed by atoms with E-state index in [1.54, 1.807) is 11.3 Å². The van der Waals surface area contributed by atoms with Gasteiger partial charge in [-0.3, -0.25) is 0 Å². The summed E-state index contributed by atoms with van der Waals surface area (Å²) >= 11 is 1.78. The number of piperidine rings is 1. The summed E-state index contributed by atoms with van der Waals surface area (Å²) in [4.78, 5) is 8.05. The monoisotopic (exact) mass is 211 g/mol. The fourth-order valence-corrected chi connectivity index (χ4v) is 2.90. The molecule has 2 rings (SSSR count). The number of hydrogen-bond acceptors (Lipinski definition) is 4. The van der Waals surface area contributed by atoms with Gasteiger partial charge in [-0.1, -0.05) is 0 Å². The molecule has 14 heavy (non-hydrogen) atoms. The van der Waals surface area contributed by atoms with Crippen molar-refractivity contribution in [1.82, 2.24) is 9.88 Å². The summed E-state index contributed by atoms with van der Waals surface area (Å²) in [5.41, 5.74) is 5.58. The smallest absolute Gasteiger partial charge is 0.0971 e. The molecule has 3 nitrogen and oxygen atoms in total. The van der Waals surface area contributed by atoms with Gasteiger partial charge in [0.2, 0.25) is 0 Å². The summed E-state index contributed by atoms with van der Waals surface area (Å²) in [7, 11) is 2.18. The molecule has 78 valence electrons. The van der Waals surface area contributed by atoms with Gasteiger partial charge in [-0.05, 0) is 26.4 Å². The van der Waals surface area contributed by atoms with Crippen LogP contribution in [0.2, 0.25) is 0 Å². The van der Waals surface area contributed by atoms with Crippen molar-refractivity contribution in [3.05, 3.63) is 16.1 Å². The topological polar surface area (TPSA) is 42.2 Å². The molecule has 0 radical (unpaired) electrons. The fourth-order valence-electron chi connectivity index (χ4n) is 1.97. The molecule has 1 saturated heterocycles. The van der Waals surface area contributed by atoms with E-state index in [9.17, 15) is 0 Å². The van der Waals surface area contributed by atoms with Crippen LogP contribution >= 0.6 is 11.3 Å². The number of likely N-dealkylation sites (N-methyl/N-ethyl adjacent to an activating group) is 1. The van der Waals surface area contributed by atoms with Gasteiger partial charge in [0.25, 0.3) is 0 Å². The average Bonchev–Trinajstić information content (AvgIpc) is 2.66. The lowest BCUT2D eigenvalue weighted by molar-refractivity contribution is 0.250. The summed E-state index contributed by atoms with van der Waals surface area (Å²) in [5, 5.41) is 1.28. The highest BCUT2D eigenvalue weighted by molar-refractivity contribution is 7.11. The first kappa shape index (κ1) is 10.1. The molecule has 1 unspecified atom stereocenters. The molecule has 0 bridgehead atoms. The predicted octanol–water partition coefficient (Wildman–Crippen LogP) is 1.41. The number of nitrogens with zero attached hydrogens (tertiary/aromatic N) is 2. The second kappa shape index (κ2) is 4.38. The fraction of sp³-hybridized carbons (Fsp3) is 0.700. The van der Waals surface area contributed by atoms with E-state index in [-0.39, 0.29) is 0 Å². The first-order valence-corrected chi connectivity index (χ1v) is 5.94. The highest BCUT2D eigenvalue weighted by atomic mass is 32.1. The molecular formula is C10H17N3S. The maximum Gasteiger partial charge on any atom is 0.0971 e. The molecular weight excluding hydrogens is 194 g/mol. The van der Waals surface area contributed by atoms with Gasteiger partial charge in [0.15, 0.2) is 0 Å². The molecule has 2 heterocycles. The summed E-state index contributed by atoms with van der Waals surface area (Å²) in [5.74, 6) is 0.638. The molecule has 1 aromatic rings. The second-order valence-electron chi connectivity index (χ2n) is 3.97. The summed E-state index contributed by atoms with van der Waals surface area (Å²) in [6.45, 7) is 3.00. The molecule has 0 aliphatic carbocycles. The van der Waals surface area contributed by atoms with Crippen LogP contribution in [0.5, 0.6) is 0 Å². The zero-order valence-corrected chi connectivity index (χ0v) is 9.39. The molecule has 1 aliphatic heterocycles. The Kier molecular flexibility index (Phi) is 3.15. The van der Waals surface area contributed by atoms with Crippen LogP contribution in [0, 0.1) is 0 Å². The van der Waals surface area contributed by atoms with Crippen molar-refractivity contribution in [2.45, 2.75) is 25.3 Å². The minimum Gasteiger partial charge on any atom is -0.326 e. The quantitative estimate of drug-likeness (QED) is 0.804. The van der Waals surface area contributed by atoms with Gasteiger partial charge in [-0.2, -0.15) is 0 Å². The third kappa shape index (κ3) is 2.13. The first-order chi connectivity index (χ1) is 6.79. The molecule has 4 heteroatoms. The standard InChI is InChI=1S/C10H17N3S/c1-13-4-2-3-8(7-13)10-12-6-9(5-11)14-10/h6,8H,2-5,7,11H2,1H3. The molecule has 0 aromatic carbocycles.